The number of aliphatic imine (C=N–C) groups is 1. The van der Waals surface area contributed by atoms with Gasteiger partial charge < -0.3 is 15.5 Å². The Bertz CT molecular complexity index is 580. The van der Waals surface area contributed by atoms with Crippen LogP contribution in [0, 0.1) is 0 Å². The van der Waals surface area contributed by atoms with Crippen LogP contribution in [0.3, 0.4) is 0 Å². The van der Waals surface area contributed by atoms with E-state index in [1.165, 1.54) is 17.0 Å². The molecule has 0 unspecified atom stereocenters. The van der Waals surface area contributed by atoms with E-state index in [2.05, 4.69) is 15.6 Å². The maximum Gasteiger partial charge on any atom is 0.416 e. The minimum absolute atomic E-state index is 0. The fourth-order valence-electron chi connectivity index (χ4n) is 1.73. The van der Waals surface area contributed by atoms with Crippen LogP contribution in [0.15, 0.2) is 29.3 Å². The largest absolute Gasteiger partial charge is 0.416 e. The van der Waals surface area contributed by atoms with Gasteiger partial charge in [0.25, 0.3) is 0 Å². The summed E-state index contributed by atoms with van der Waals surface area (Å²) in [4.78, 5) is 17.4. The molecule has 0 atom stereocenters. The quantitative estimate of drug-likeness (QED) is 0.260. The van der Waals surface area contributed by atoms with Gasteiger partial charge in [-0.25, -0.2) is 4.99 Å². The van der Waals surface area contributed by atoms with E-state index in [4.69, 9.17) is 0 Å². The second-order valence-electron chi connectivity index (χ2n) is 5.42. The summed E-state index contributed by atoms with van der Waals surface area (Å²) in [5, 5.41) is 6.01. The molecule has 0 heterocycles. The Morgan fingerprint density at radius 3 is 2.31 bits per heavy atom. The molecule has 10 heteroatoms. The second kappa shape index (κ2) is 12.3. The lowest BCUT2D eigenvalue weighted by atomic mass is 10.1. The highest BCUT2D eigenvalue weighted by atomic mass is 127. The van der Waals surface area contributed by atoms with Crippen molar-refractivity contribution in [2.45, 2.75) is 12.7 Å². The Kier molecular flexibility index (Phi) is 11.7. The van der Waals surface area contributed by atoms with Crippen molar-refractivity contribution < 1.29 is 18.0 Å². The number of carbonyl (C=O) groups is 1. The number of amides is 1. The fourth-order valence-corrected chi connectivity index (χ4v) is 2.04. The normalized spacial score (nSPS) is 11.5. The van der Waals surface area contributed by atoms with Gasteiger partial charge in [-0.3, -0.25) is 4.79 Å². The number of hydrogen-bond donors (Lipinski definition) is 2. The number of nitrogens with zero attached hydrogens (tertiary/aromatic N) is 2. The van der Waals surface area contributed by atoms with Crippen LogP contribution < -0.4 is 10.6 Å². The summed E-state index contributed by atoms with van der Waals surface area (Å²) in [6.45, 7) is 0.962. The van der Waals surface area contributed by atoms with Gasteiger partial charge in [0.1, 0.15) is 0 Å². The average molecular weight is 504 g/mol. The van der Waals surface area contributed by atoms with Gasteiger partial charge in [0.05, 0.1) is 18.7 Å². The molecule has 0 saturated heterocycles. The zero-order valence-electron chi connectivity index (χ0n) is 14.9. The predicted molar refractivity (Wildman–Crippen MR) is 111 cm³/mol. The van der Waals surface area contributed by atoms with Crippen molar-refractivity contribution in [1.82, 2.24) is 15.5 Å². The average Bonchev–Trinajstić information content (AvgIpc) is 2.56. The van der Waals surface area contributed by atoms with Crippen molar-refractivity contribution in [1.29, 1.82) is 0 Å². The lowest BCUT2D eigenvalue weighted by Crippen LogP contribution is -2.43. The van der Waals surface area contributed by atoms with Crippen LogP contribution in [-0.2, 0) is 17.5 Å². The van der Waals surface area contributed by atoms with Gasteiger partial charge in [-0.1, -0.05) is 12.1 Å². The molecule has 0 aliphatic carbocycles. The molecule has 1 amide bonds. The zero-order chi connectivity index (χ0) is 18.9. The van der Waals surface area contributed by atoms with Crippen LogP contribution in [0.2, 0.25) is 0 Å². The Hall–Kier alpha value is -1.17. The van der Waals surface area contributed by atoms with Crippen molar-refractivity contribution >= 4 is 47.6 Å². The fraction of sp³-hybridized carbons (Fsp3) is 0.500. The van der Waals surface area contributed by atoms with E-state index in [0.29, 0.717) is 18.1 Å². The topological polar surface area (TPSA) is 56.7 Å². The molecule has 26 heavy (non-hydrogen) atoms. The molecule has 0 aliphatic heterocycles. The molecular formula is C16H24F3IN4OS. The van der Waals surface area contributed by atoms with E-state index in [1.54, 1.807) is 25.9 Å². The third-order valence-corrected chi connectivity index (χ3v) is 3.82. The molecular weight excluding hydrogens is 480 g/mol. The van der Waals surface area contributed by atoms with Crippen LogP contribution in [-0.4, -0.2) is 56.0 Å². The molecule has 0 radical (unpaired) electrons. The third-order valence-electron chi connectivity index (χ3n) is 3.21. The third kappa shape index (κ3) is 9.51. The van der Waals surface area contributed by atoms with E-state index in [-0.39, 0.29) is 43.0 Å². The van der Waals surface area contributed by atoms with E-state index in [0.717, 1.165) is 17.9 Å². The Morgan fingerprint density at radius 1 is 1.19 bits per heavy atom. The van der Waals surface area contributed by atoms with Crippen molar-refractivity contribution in [3.63, 3.8) is 0 Å². The molecule has 0 aromatic heterocycles. The Balaban J connectivity index is 0.00000625. The highest BCUT2D eigenvalue weighted by Gasteiger charge is 2.29. The van der Waals surface area contributed by atoms with Gasteiger partial charge in [-0.15, -0.1) is 24.0 Å². The smallest absolute Gasteiger partial charge is 0.356 e. The van der Waals surface area contributed by atoms with E-state index >= 15 is 0 Å². The first kappa shape index (κ1) is 24.8. The minimum Gasteiger partial charge on any atom is -0.356 e. The Morgan fingerprint density at radius 2 is 1.81 bits per heavy atom. The Labute approximate surface area is 173 Å². The number of thioether (sulfide) groups is 1. The number of guanidine groups is 1. The monoisotopic (exact) mass is 504 g/mol. The molecule has 2 N–H and O–H groups in total. The molecule has 0 aliphatic rings. The first-order valence-electron chi connectivity index (χ1n) is 7.61. The molecule has 0 saturated carbocycles. The molecule has 0 spiro atoms. The number of benzene rings is 1. The zero-order valence-corrected chi connectivity index (χ0v) is 18.0. The highest BCUT2D eigenvalue weighted by Crippen LogP contribution is 2.29. The highest BCUT2D eigenvalue weighted by molar-refractivity contribution is 14.0. The number of halogens is 4. The standard InChI is InChI=1S/C16H23F3N4OS.HI/c1-23(2)14(24)11-22-15(20-8-9-25-3)21-10-12-4-6-13(7-5-12)16(17,18)19;/h4-7H,8-11H2,1-3H3,(H2,20,21,22);1H. The molecule has 148 valence electrons. The summed E-state index contributed by atoms with van der Waals surface area (Å²) in [6, 6.07) is 4.87. The van der Waals surface area contributed by atoms with Gasteiger partial charge >= 0.3 is 6.18 Å². The number of rotatable bonds is 7. The molecule has 1 aromatic carbocycles. The van der Waals surface area contributed by atoms with Gasteiger partial charge in [0.15, 0.2) is 5.96 Å². The summed E-state index contributed by atoms with van der Waals surface area (Å²) < 4.78 is 37.7. The molecule has 5 nitrogen and oxygen atoms in total. The van der Waals surface area contributed by atoms with Crippen molar-refractivity contribution in [2.24, 2.45) is 4.99 Å². The van der Waals surface area contributed by atoms with Crippen molar-refractivity contribution in [3.8, 4) is 0 Å². The first-order valence-corrected chi connectivity index (χ1v) is 9.01. The number of nitrogens with one attached hydrogen (secondary N) is 2. The predicted octanol–water partition coefficient (Wildman–Crippen LogP) is 2.81. The lowest BCUT2D eigenvalue weighted by Gasteiger charge is -2.15. The number of carbonyl (C=O) groups excluding carboxylic acids is 1. The number of likely N-dealkylation sites (N-methyl/N-ethyl adjacent to an activating group) is 1. The van der Waals surface area contributed by atoms with Gasteiger partial charge in [0, 0.05) is 26.4 Å². The van der Waals surface area contributed by atoms with Crippen LogP contribution in [0.4, 0.5) is 13.2 Å². The lowest BCUT2D eigenvalue weighted by molar-refractivity contribution is -0.137. The SMILES string of the molecule is CSCCNC(=NCc1ccc(C(F)(F)F)cc1)NCC(=O)N(C)C.I. The van der Waals surface area contributed by atoms with Crippen molar-refractivity contribution in [2.75, 3.05) is 39.2 Å². The second-order valence-corrected chi connectivity index (χ2v) is 6.41. The maximum atomic E-state index is 12.6. The summed E-state index contributed by atoms with van der Waals surface area (Å²) >= 11 is 1.66. The number of alkyl halides is 3. The summed E-state index contributed by atoms with van der Waals surface area (Å²) in [5.41, 5.74) is -0.0360. The van der Waals surface area contributed by atoms with Crippen LogP contribution >= 0.6 is 35.7 Å². The van der Waals surface area contributed by atoms with Gasteiger partial charge in [0.2, 0.25) is 5.91 Å². The summed E-state index contributed by atoms with van der Waals surface area (Å²) in [7, 11) is 3.31. The molecule has 1 aromatic rings. The van der Waals surface area contributed by atoms with Gasteiger partial charge in [-0.05, 0) is 24.0 Å². The van der Waals surface area contributed by atoms with Crippen LogP contribution in [0.1, 0.15) is 11.1 Å². The van der Waals surface area contributed by atoms with E-state index in [1.807, 2.05) is 6.26 Å². The molecule has 0 fully saturated rings. The van der Waals surface area contributed by atoms with Crippen LogP contribution in [0.25, 0.3) is 0 Å². The first-order chi connectivity index (χ1) is 11.7. The van der Waals surface area contributed by atoms with E-state index in [9.17, 15) is 18.0 Å². The molecule has 1 rings (SSSR count). The van der Waals surface area contributed by atoms with Crippen molar-refractivity contribution in [3.05, 3.63) is 35.4 Å². The van der Waals surface area contributed by atoms with Crippen LogP contribution in [0.5, 0.6) is 0 Å². The maximum absolute atomic E-state index is 12.6. The minimum atomic E-state index is -4.35. The van der Waals surface area contributed by atoms with Gasteiger partial charge in [-0.2, -0.15) is 24.9 Å². The summed E-state index contributed by atoms with van der Waals surface area (Å²) in [6.07, 6.45) is -2.37. The van der Waals surface area contributed by atoms with E-state index < -0.39 is 11.7 Å². The molecule has 0 bridgehead atoms. The summed E-state index contributed by atoms with van der Waals surface area (Å²) in [5.74, 6) is 1.21. The number of hydrogen-bond acceptors (Lipinski definition) is 3.